The molecule has 1 aromatic heterocycles. The fourth-order valence-electron chi connectivity index (χ4n) is 1.10. The molecule has 0 spiro atoms. The SMILES string of the molecule is CC/C(C)=N/NC(=O)c1cc(C(C)(C)C)[nH]n1. The van der Waals surface area contributed by atoms with E-state index in [1.165, 1.54) is 0 Å². The molecule has 0 atom stereocenters. The third-order valence-electron chi connectivity index (χ3n) is 2.48. The molecule has 1 amide bonds. The van der Waals surface area contributed by atoms with Gasteiger partial charge in [-0.2, -0.15) is 10.2 Å². The van der Waals surface area contributed by atoms with Gasteiger partial charge in [0.1, 0.15) is 0 Å². The zero-order valence-corrected chi connectivity index (χ0v) is 11.1. The first-order chi connectivity index (χ1) is 7.84. The molecule has 1 rings (SSSR count). The Labute approximate surface area is 102 Å². The lowest BCUT2D eigenvalue weighted by atomic mass is 9.92. The van der Waals surface area contributed by atoms with Gasteiger partial charge in [-0.15, -0.1) is 0 Å². The van der Waals surface area contributed by atoms with Crippen molar-refractivity contribution in [2.24, 2.45) is 5.10 Å². The van der Waals surface area contributed by atoms with Crippen LogP contribution in [0.3, 0.4) is 0 Å². The Kier molecular flexibility index (Phi) is 4.04. The van der Waals surface area contributed by atoms with E-state index in [1.807, 2.05) is 13.8 Å². The molecule has 0 aromatic carbocycles. The molecule has 17 heavy (non-hydrogen) atoms. The van der Waals surface area contributed by atoms with Gasteiger partial charge in [0.05, 0.1) is 0 Å². The summed E-state index contributed by atoms with van der Waals surface area (Å²) in [5.74, 6) is -0.287. The van der Waals surface area contributed by atoms with Crippen LogP contribution in [0.15, 0.2) is 11.2 Å². The van der Waals surface area contributed by atoms with E-state index in [4.69, 9.17) is 0 Å². The molecule has 94 valence electrons. The number of hydrogen-bond donors (Lipinski definition) is 2. The van der Waals surface area contributed by atoms with E-state index in [0.717, 1.165) is 17.8 Å². The molecule has 5 heteroatoms. The van der Waals surface area contributed by atoms with Crippen LogP contribution >= 0.6 is 0 Å². The van der Waals surface area contributed by atoms with Gasteiger partial charge >= 0.3 is 0 Å². The molecular formula is C12H20N4O. The number of carbonyl (C=O) groups is 1. The van der Waals surface area contributed by atoms with Crippen LogP contribution in [-0.2, 0) is 5.41 Å². The van der Waals surface area contributed by atoms with E-state index in [0.29, 0.717) is 5.69 Å². The maximum absolute atomic E-state index is 11.7. The van der Waals surface area contributed by atoms with Gasteiger partial charge < -0.3 is 0 Å². The molecule has 0 aliphatic carbocycles. The highest BCUT2D eigenvalue weighted by Gasteiger charge is 2.19. The van der Waals surface area contributed by atoms with Crippen molar-refractivity contribution in [3.8, 4) is 0 Å². The summed E-state index contributed by atoms with van der Waals surface area (Å²) in [5, 5.41) is 10.8. The molecule has 5 nitrogen and oxygen atoms in total. The van der Waals surface area contributed by atoms with Crippen LogP contribution in [-0.4, -0.2) is 21.8 Å². The fraction of sp³-hybridized carbons (Fsp3) is 0.583. The summed E-state index contributed by atoms with van der Waals surface area (Å²) in [7, 11) is 0. The summed E-state index contributed by atoms with van der Waals surface area (Å²) in [6.07, 6.45) is 0.814. The zero-order valence-electron chi connectivity index (χ0n) is 11.1. The second-order valence-electron chi connectivity index (χ2n) is 5.06. The minimum atomic E-state index is -0.287. The van der Waals surface area contributed by atoms with Crippen molar-refractivity contribution in [3.05, 3.63) is 17.5 Å². The number of amides is 1. The number of carbonyl (C=O) groups excluding carboxylic acids is 1. The van der Waals surface area contributed by atoms with Crippen LogP contribution in [0.4, 0.5) is 0 Å². The first-order valence-corrected chi connectivity index (χ1v) is 5.74. The number of nitrogens with zero attached hydrogens (tertiary/aromatic N) is 2. The van der Waals surface area contributed by atoms with Gasteiger partial charge in [0, 0.05) is 16.8 Å². The molecular weight excluding hydrogens is 216 g/mol. The standard InChI is InChI=1S/C12H20N4O/c1-6-8(2)13-16-11(17)9-7-10(15-14-9)12(3,4)5/h7H,6H2,1-5H3,(H,14,15)(H,16,17)/b13-8+. The van der Waals surface area contributed by atoms with Crippen LogP contribution in [0.25, 0.3) is 0 Å². The number of rotatable bonds is 3. The summed E-state index contributed by atoms with van der Waals surface area (Å²) in [4.78, 5) is 11.7. The van der Waals surface area contributed by atoms with Crippen LogP contribution in [0, 0.1) is 0 Å². The molecule has 0 unspecified atom stereocenters. The molecule has 2 N–H and O–H groups in total. The van der Waals surface area contributed by atoms with Crippen molar-refractivity contribution in [1.82, 2.24) is 15.6 Å². The van der Waals surface area contributed by atoms with Gasteiger partial charge in [0.15, 0.2) is 5.69 Å². The largest absolute Gasteiger partial charge is 0.291 e. The van der Waals surface area contributed by atoms with Crippen molar-refractivity contribution < 1.29 is 4.79 Å². The summed E-state index contributed by atoms with van der Waals surface area (Å²) >= 11 is 0. The molecule has 0 aliphatic rings. The first kappa shape index (κ1) is 13.4. The Bertz CT molecular complexity index is 426. The number of hydrogen-bond acceptors (Lipinski definition) is 3. The smallest absolute Gasteiger partial charge is 0.281 e. The average Bonchev–Trinajstić information content (AvgIpc) is 2.74. The minimum Gasteiger partial charge on any atom is -0.281 e. The Hall–Kier alpha value is -1.65. The second-order valence-corrected chi connectivity index (χ2v) is 5.06. The topological polar surface area (TPSA) is 70.1 Å². The third-order valence-corrected chi connectivity index (χ3v) is 2.48. The molecule has 0 bridgehead atoms. The van der Waals surface area contributed by atoms with Gasteiger partial charge in [0.25, 0.3) is 5.91 Å². The summed E-state index contributed by atoms with van der Waals surface area (Å²) in [6.45, 7) is 10.0. The van der Waals surface area contributed by atoms with Gasteiger partial charge in [0.2, 0.25) is 0 Å². The van der Waals surface area contributed by atoms with E-state index >= 15 is 0 Å². The maximum atomic E-state index is 11.7. The summed E-state index contributed by atoms with van der Waals surface area (Å²) < 4.78 is 0. The predicted molar refractivity (Wildman–Crippen MR) is 68.2 cm³/mol. The van der Waals surface area contributed by atoms with Crippen molar-refractivity contribution >= 4 is 11.6 Å². The van der Waals surface area contributed by atoms with E-state index < -0.39 is 0 Å². The maximum Gasteiger partial charge on any atom is 0.291 e. The number of aromatic amines is 1. The zero-order chi connectivity index (χ0) is 13.1. The lowest BCUT2D eigenvalue weighted by Crippen LogP contribution is -2.19. The van der Waals surface area contributed by atoms with Gasteiger partial charge in [-0.3, -0.25) is 9.89 Å². The lowest BCUT2D eigenvalue weighted by molar-refractivity contribution is 0.0949. The molecule has 0 radical (unpaired) electrons. The van der Waals surface area contributed by atoms with Crippen molar-refractivity contribution in [1.29, 1.82) is 0 Å². The Morgan fingerprint density at radius 1 is 1.53 bits per heavy atom. The molecule has 0 fully saturated rings. The van der Waals surface area contributed by atoms with Crippen LogP contribution < -0.4 is 5.43 Å². The van der Waals surface area contributed by atoms with Crippen molar-refractivity contribution in [2.45, 2.75) is 46.5 Å². The molecule has 1 heterocycles. The quantitative estimate of drug-likeness (QED) is 0.624. The molecule has 0 aliphatic heterocycles. The summed E-state index contributed by atoms with van der Waals surface area (Å²) in [5.41, 5.74) is 4.61. The van der Waals surface area contributed by atoms with Crippen LogP contribution in [0.5, 0.6) is 0 Å². The number of H-pyrrole nitrogens is 1. The van der Waals surface area contributed by atoms with Crippen LogP contribution in [0.1, 0.15) is 57.2 Å². The number of nitrogens with one attached hydrogen (secondary N) is 2. The van der Waals surface area contributed by atoms with Crippen molar-refractivity contribution in [2.75, 3.05) is 0 Å². The Balaban J connectivity index is 2.74. The number of aromatic nitrogens is 2. The van der Waals surface area contributed by atoms with Crippen LogP contribution in [0.2, 0.25) is 0 Å². The minimum absolute atomic E-state index is 0.0475. The van der Waals surface area contributed by atoms with Gasteiger partial charge in [-0.05, 0) is 19.4 Å². The highest BCUT2D eigenvalue weighted by atomic mass is 16.2. The monoisotopic (exact) mass is 236 g/mol. The molecule has 0 saturated heterocycles. The van der Waals surface area contributed by atoms with Crippen molar-refractivity contribution in [3.63, 3.8) is 0 Å². The first-order valence-electron chi connectivity index (χ1n) is 5.74. The lowest BCUT2D eigenvalue weighted by Gasteiger charge is -2.14. The third kappa shape index (κ3) is 3.69. The summed E-state index contributed by atoms with van der Waals surface area (Å²) in [6, 6.07) is 1.76. The molecule has 0 saturated carbocycles. The van der Waals surface area contributed by atoms with E-state index in [-0.39, 0.29) is 11.3 Å². The van der Waals surface area contributed by atoms with Gasteiger partial charge in [-0.1, -0.05) is 27.7 Å². The normalized spacial score (nSPS) is 12.6. The van der Waals surface area contributed by atoms with E-state index in [9.17, 15) is 4.79 Å². The predicted octanol–water partition coefficient (Wildman–Crippen LogP) is 2.22. The Morgan fingerprint density at radius 2 is 2.18 bits per heavy atom. The van der Waals surface area contributed by atoms with Gasteiger partial charge in [-0.25, -0.2) is 5.43 Å². The average molecular weight is 236 g/mol. The highest BCUT2D eigenvalue weighted by molar-refractivity contribution is 5.93. The highest BCUT2D eigenvalue weighted by Crippen LogP contribution is 2.20. The fourth-order valence-corrected chi connectivity index (χ4v) is 1.10. The van der Waals surface area contributed by atoms with E-state index in [1.54, 1.807) is 6.07 Å². The van der Waals surface area contributed by atoms with E-state index in [2.05, 4.69) is 41.5 Å². The molecule has 1 aromatic rings. The second kappa shape index (κ2) is 5.12. The Morgan fingerprint density at radius 3 is 2.65 bits per heavy atom. The number of hydrazone groups is 1.